The van der Waals surface area contributed by atoms with Crippen LogP contribution in [0.1, 0.15) is 26.3 Å². The van der Waals surface area contributed by atoms with Gasteiger partial charge in [-0.1, -0.05) is 26.0 Å². The summed E-state index contributed by atoms with van der Waals surface area (Å²) in [4.78, 5) is 12.0. The minimum Gasteiger partial charge on any atom is -0.460 e. The maximum atomic E-state index is 13.7. The van der Waals surface area contributed by atoms with Gasteiger partial charge in [0.25, 0.3) is 0 Å². The van der Waals surface area contributed by atoms with Crippen molar-refractivity contribution in [2.75, 3.05) is 0 Å². The lowest BCUT2D eigenvalue weighted by Gasteiger charge is -2.10. The number of ether oxygens (including phenoxy) is 1. The van der Waals surface area contributed by atoms with Crippen molar-refractivity contribution in [1.82, 2.24) is 0 Å². The van der Waals surface area contributed by atoms with Gasteiger partial charge in [-0.25, -0.2) is 17.6 Å². The zero-order chi connectivity index (χ0) is 17.5. The second-order valence-corrected chi connectivity index (χ2v) is 7.09. The third kappa shape index (κ3) is 3.12. The molecule has 0 aliphatic heterocycles. The van der Waals surface area contributed by atoms with Crippen molar-refractivity contribution >= 4 is 28.6 Å². The van der Waals surface area contributed by atoms with Crippen LogP contribution in [0.5, 0.6) is 0 Å². The third-order valence-electron chi connectivity index (χ3n) is 4.22. The summed E-state index contributed by atoms with van der Waals surface area (Å²) in [7, 11) is 0. The van der Waals surface area contributed by atoms with Crippen LogP contribution in [0, 0.1) is 44.1 Å². The van der Waals surface area contributed by atoms with Crippen LogP contribution in [0.25, 0.3) is 0 Å². The highest BCUT2D eigenvalue weighted by molar-refractivity contribution is 14.1. The number of benzene rings is 1. The maximum absolute atomic E-state index is 13.7. The summed E-state index contributed by atoms with van der Waals surface area (Å²) in [5, 5.41) is 0. The normalized spacial score (nSPS) is 22.4. The number of esters is 1. The molecule has 1 aromatic carbocycles. The molecule has 23 heavy (non-hydrogen) atoms. The molecule has 0 amide bonds. The van der Waals surface area contributed by atoms with E-state index in [1.165, 1.54) is 22.6 Å². The van der Waals surface area contributed by atoms with E-state index >= 15 is 0 Å². The molecule has 2 nitrogen and oxygen atoms in total. The van der Waals surface area contributed by atoms with Gasteiger partial charge in [0.2, 0.25) is 0 Å². The molecule has 0 saturated heterocycles. The first kappa shape index (κ1) is 18.2. The van der Waals surface area contributed by atoms with Gasteiger partial charge >= 0.3 is 5.97 Å². The lowest BCUT2D eigenvalue weighted by Crippen LogP contribution is -2.14. The van der Waals surface area contributed by atoms with Crippen LogP contribution in [0.2, 0.25) is 0 Å². The predicted molar refractivity (Wildman–Crippen MR) is 84.4 cm³/mol. The van der Waals surface area contributed by atoms with Crippen LogP contribution in [0.3, 0.4) is 0 Å². The van der Waals surface area contributed by atoms with Gasteiger partial charge in [-0.05, 0) is 40.8 Å². The Balaban J connectivity index is 2.15. The van der Waals surface area contributed by atoms with E-state index in [0.29, 0.717) is 0 Å². The molecule has 0 radical (unpaired) electrons. The quantitative estimate of drug-likeness (QED) is 0.168. The third-order valence-corrected chi connectivity index (χ3v) is 5.17. The standard InChI is InChI=1S/C16H15F4IO2/c1-4-5-8-9(16(8,2)3)15(22)23-6-7-10(17)12(19)14(21)13(20)11(7)18/h4-5,8-9H,6H2,1-3H3/b5-4-/t8-,9+/m1/s1. The average Bonchev–Trinajstić information content (AvgIpc) is 3.04. The molecular weight excluding hydrogens is 427 g/mol. The van der Waals surface area contributed by atoms with E-state index in [1.54, 1.807) is 0 Å². The Morgan fingerprint density at radius 1 is 1.17 bits per heavy atom. The molecule has 0 unspecified atom stereocenters. The fourth-order valence-electron chi connectivity index (χ4n) is 2.70. The van der Waals surface area contributed by atoms with Crippen LogP contribution in [0.15, 0.2) is 12.2 Å². The summed E-state index contributed by atoms with van der Waals surface area (Å²) in [5.41, 5.74) is -1.24. The van der Waals surface area contributed by atoms with Crippen molar-refractivity contribution in [3.8, 4) is 0 Å². The molecule has 0 bridgehead atoms. The lowest BCUT2D eigenvalue weighted by atomic mass is 10.1. The summed E-state index contributed by atoms with van der Waals surface area (Å²) in [5.74, 6) is -7.18. The van der Waals surface area contributed by atoms with Crippen molar-refractivity contribution < 1.29 is 27.1 Å². The highest BCUT2D eigenvalue weighted by Crippen LogP contribution is 2.59. The van der Waals surface area contributed by atoms with Crippen LogP contribution in [-0.4, -0.2) is 5.97 Å². The van der Waals surface area contributed by atoms with E-state index in [9.17, 15) is 22.4 Å². The number of hydrogen-bond donors (Lipinski definition) is 0. The van der Waals surface area contributed by atoms with Gasteiger partial charge in [-0.2, -0.15) is 0 Å². The van der Waals surface area contributed by atoms with Crippen LogP contribution in [0.4, 0.5) is 17.6 Å². The zero-order valence-corrected chi connectivity index (χ0v) is 14.9. The van der Waals surface area contributed by atoms with Crippen molar-refractivity contribution in [3.63, 3.8) is 0 Å². The number of hydrogen-bond acceptors (Lipinski definition) is 2. The minimum atomic E-state index is -1.54. The number of rotatable bonds is 4. The van der Waals surface area contributed by atoms with Crippen molar-refractivity contribution in [2.45, 2.75) is 27.4 Å². The Kier molecular flexibility index (Phi) is 5.08. The molecule has 0 N–H and O–H groups in total. The molecule has 2 atom stereocenters. The van der Waals surface area contributed by atoms with E-state index in [4.69, 9.17) is 4.74 Å². The highest BCUT2D eigenvalue weighted by atomic mass is 127. The van der Waals surface area contributed by atoms with E-state index in [0.717, 1.165) is 0 Å². The Hall–Kier alpha value is -1.12. The van der Waals surface area contributed by atoms with Gasteiger partial charge < -0.3 is 4.74 Å². The highest BCUT2D eigenvalue weighted by Gasteiger charge is 2.61. The molecule has 0 heterocycles. The largest absolute Gasteiger partial charge is 0.460 e. The zero-order valence-electron chi connectivity index (χ0n) is 12.7. The molecule has 0 aromatic heterocycles. The maximum Gasteiger partial charge on any atom is 0.310 e. The second-order valence-electron chi connectivity index (χ2n) is 6.01. The fraction of sp³-hybridized carbons (Fsp3) is 0.438. The summed E-state index contributed by atoms with van der Waals surface area (Å²) in [6.07, 6.45) is 3.67. The Morgan fingerprint density at radius 3 is 2.17 bits per heavy atom. The second kappa shape index (κ2) is 6.41. The fourth-order valence-corrected chi connectivity index (χ4v) is 3.18. The smallest absolute Gasteiger partial charge is 0.310 e. The van der Waals surface area contributed by atoms with Gasteiger partial charge in [0.15, 0.2) is 23.3 Å². The Labute approximate surface area is 145 Å². The van der Waals surface area contributed by atoms with Gasteiger partial charge in [0.05, 0.1) is 15.1 Å². The van der Waals surface area contributed by atoms with Crippen molar-refractivity contribution in [2.24, 2.45) is 17.3 Å². The molecule has 0 spiro atoms. The minimum absolute atomic E-state index is 0.0279. The molecule has 1 aliphatic rings. The Morgan fingerprint density at radius 2 is 1.70 bits per heavy atom. The predicted octanol–water partition coefficient (Wildman–Crippen LogP) is 4.74. The lowest BCUT2D eigenvalue weighted by molar-refractivity contribution is -0.147. The number of allylic oxidation sites excluding steroid dienone is 2. The van der Waals surface area contributed by atoms with Crippen LogP contribution < -0.4 is 0 Å². The molecule has 1 saturated carbocycles. The first-order valence-electron chi connectivity index (χ1n) is 6.94. The molecule has 126 valence electrons. The Bertz CT molecular complexity index is 656. The van der Waals surface area contributed by atoms with E-state index < -0.39 is 50.9 Å². The van der Waals surface area contributed by atoms with E-state index in [1.807, 2.05) is 32.9 Å². The van der Waals surface area contributed by atoms with E-state index in [-0.39, 0.29) is 11.3 Å². The molecule has 1 fully saturated rings. The van der Waals surface area contributed by atoms with Gasteiger partial charge in [0.1, 0.15) is 6.61 Å². The summed E-state index contributed by atoms with van der Waals surface area (Å²) in [6.45, 7) is 4.71. The number of carbonyl (C=O) groups excluding carboxylic acids is 1. The van der Waals surface area contributed by atoms with Gasteiger partial charge in [0, 0.05) is 0 Å². The summed E-state index contributed by atoms with van der Waals surface area (Å²) in [6, 6.07) is 0. The first-order valence-corrected chi connectivity index (χ1v) is 8.02. The molecule has 1 aromatic rings. The SMILES string of the molecule is C/C=C\[C@@H]1[C@@H](C(=O)OCc2c(F)c(F)c(I)c(F)c2F)C1(C)C. The molecule has 7 heteroatoms. The average molecular weight is 442 g/mol. The molecular formula is C16H15F4IO2. The number of carbonyl (C=O) groups is 1. The van der Waals surface area contributed by atoms with Crippen molar-refractivity contribution in [1.29, 1.82) is 0 Å². The topological polar surface area (TPSA) is 26.3 Å². The summed E-state index contributed by atoms with van der Waals surface area (Å²) < 4.78 is 58.5. The van der Waals surface area contributed by atoms with Crippen molar-refractivity contribution in [3.05, 3.63) is 44.6 Å². The van der Waals surface area contributed by atoms with E-state index in [2.05, 4.69) is 0 Å². The summed E-state index contributed by atoms with van der Waals surface area (Å²) >= 11 is 1.17. The number of halogens is 5. The first-order chi connectivity index (χ1) is 10.6. The van der Waals surface area contributed by atoms with Gasteiger partial charge in [-0.15, -0.1) is 0 Å². The molecule has 2 rings (SSSR count). The molecule has 1 aliphatic carbocycles. The van der Waals surface area contributed by atoms with Crippen LogP contribution in [-0.2, 0) is 16.1 Å². The monoisotopic (exact) mass is 442 g/mol. The van der Waals surface area contributed by atoms with Crippen LogP contribution >= 0.6 is 22.6 Å². The van der Waals surface area contributed by atoms with Gasteiger partial charge in [-0.3, -0.25) is 4.79 Å².